The van der Waals surface area contributed by atoms with Gasteiger partial charge in [0, 0.05) is 18.9 Å². The van der Waals surface area contributed by atoms with Gasteiger partial charge in [0.25, 0.3) is 0 Å². The van der Waals surface area contributed by atoms with Crippen molar-refractivity contribution in [2.75, 3.05) is 6.54 Å². The summed E-state index contributed by atoms with van der Waals surface area (Å²) in [6.45, 7) is 0.278. The van der Waals surface area contributed by atoms with E-state index in [1.165, 1.54) is 12.1 Å². The molecule has 20 heavy (non-hydrogen) atoms. The number of nitrogens with one attached hydrogen (secondary N) is 1. The molecule has 2 rings (SSSR count). The number of hydrogen-bond donors (Lipinski definition) is 2. The summed E-state index contributed by atoms with van der Waals surface area (Å²) in [4.78, 5) is 22.1. The van der Waals surface area contributed by atoms with E-state index in [1.807, 2.05) is 0 Å². The Morgan fingerprint density at radius 2 is 2.10 bits per heavy atom. The van der Waals surface area contributed by atoms with E-state index < -0.39 is 17.6 Å². The minimum atomic E-state index is -0.912. The van der Waals surface area contributed by atoms with Crippen LogP contribution in [-0.2, 0) is 9.59 Å². The molecule has 4 nitrogen and oxygen atoms in total. The number of halogens is 2. The van der Waals surface area contributed by atoms with E-state index >= 15 is 0 Å². The van der Waals surface area contributed by atoms with E-state index in [1.54, 1.807) is 0 Å². The molecule has 0 aliphatic heterocycles. The van der Waals surface area contributed by atoms with Gasteiger partial charge in [0.15, 0.2) is 11.6 Å². The molecule has 1 saturated carbocycles. The van der Waals surface area contributed by atoms with Crippen molar-refractivity contribution in [3.05, 3.63) is 35.4 Å². The highest BCUT2D eigenvalue weighted by atomic mass is 19.2. The van der Waals surface area contributed by atoms with Gasteiger partial charge in [-0.25, -0.2) is 8.78 Å². The van der Waals surface area contributed by atoms with Crippen molar-refractivity contribution in [2.24, 2.45) is 5.92 Å². The highest BCUT2D eigenvalue weighted by Gasteiger charge is 2.45. The van der Waals surface area contributed by atoms with Gasteiger partial charge in [-0.2, -0.15) is 0 Å². The Hall–Kier alpha value is -1.98. The smallest absolute Gasteiger partial charge is 0.303 e. The molecule has 0 radical (unpaired) electrons. The Labute approximate surface area is 114 Å². The van der Waals surface area contributed by atoms with Crippen molar-refractivity contribution in [2.45, 2.75) is 25.2 Å². The zero-order valence-electron chi connectivity index (χ0n) is 10.7. The van der Waals surface area contributed by atoms with Gasteiger partial charge in [0.05, 0.1) is 0 Å². The Balaban J connectivity index is 1.83. The number of rotatable bonds is 6. The summed E-state index contributed by atoms with van der Waals surface area (Å²) < 4.78 is 26.6. The number of hydrogen-bond acceptors (Lipinski definition) is 2. The van der Waals surface area contributed by atoms with Crippen molar-refractivity contribution in [1.82, 2.24) is 5.32 Å². The number of carbonyl (C=O) groups excluding carboxylic acids is 1. The lowest BCUT2D eigenvalue weighted by Crippen LogP contribution is -2.26. The van der Waals surface area contributed by atoms with E-state index in [9.17, 15) is 18.4 Å². The molecular formula is C14H15F2NO3. The summed E-state index contributed by atoms with van der Waals surface area (Å²) in [5, 5.41) is 11.1. The molecule has 1 amide bonds. The first-order valence-electron chi connectivity index (χ1n) is 6.44. The standard InChI is InChI=1S/C14H15F2NO3/c15-11-4-1-3-8(13(11)16)9-7-10(9)14(20)17-6-2-5-12(18)19/h1,3-4,9-10H,2,5-7H2,(H,17,20)(H,18,19)/t9-,10-/m0/s1. The minimum Gasteiger partial charge on any atom is -0.481 e. The summed E-state index contributed by atoms with van der Waals surface area (Å²) in [5.41, 5.74) is 0.232. The molecule has 0 saturated heterocycles. The van der Waals surface area contributed by atoms with Crippen LogP contribution < -0.4 is 5.32 Å². The fourth-order valence-corrected chi connectivity index (χ4v) is 2.22. The number of carbonyl (C=O) groups is 2. The van der Waals surface area contributed by atoms with E-state index in [0.29, 0.717) is 12.8 Å². The lowest BCUT2D eigenvalue weighted by Gasteiger charge is -2.05. The van der Waals surface area contributed by atoms with Gasteiger partial charge in [-0.3, -0.25) is 9.59 Å². The van der Waals surface area contributed by atoms with Crippen LogP contribution in [0, 0.1) is 17.6 Å². The van der Waals surface area contributed by atoms with E-state index in [2.05, 4.69) is 5.32 Å². The molecule has 0 aromatic heterocycles. The normalized spacial score (nSPS) is 20.5. The third-order valence-electron chi connectivity index (χ3n) is 3.37. The van der Waals surface area contributed by atoms with E-state index in [4.69, 9.17) is 5.11 Å². The topological polar surface area (TPSA) is 66.4 Å². The lowest BCUT2D eigenvalue weighted by molar-refractivity contribution is -0.137. The van der Waals surface area contributed by atoms with Crippen LogP contribution in [0.1, 0.15) is 30.7 Å². The van der Waals surface area contributed by atoms with Gasteiger partial charge < -0.3 is 10.4 Å². The molecule has 0 unspecified atom stereocenters. The average molecular weight is 283 g/mol. The molecular weight excluding hydrogens is 268 g/mol. The van der Waals surface area contributed by atoms with Gasteiger partial charge in [-0.1, -0.05) is 12.1 Å². The Bertz CT molecular complexity index is 533. The summed E-state index contributed by atoms with van der Waals surface area (Å²) in [6, 6.07) is 3.96. The maximum Gasteiger partial charge on any atom is 0.303 e. The first kappa shape index (κ1) is 14.4. The summed E-state index contributed by atoms with van der Waals surface area (Å²) in [6.07, 6.45) is 0.838. The quantitative estimate of drug-likeness (QED) is 0.785. The lowest BCUT2D eigenvalue weighted by atomic mass is 10.1. The van der Waals surface area contributed by atoms with Crippen LogP contribution in [0.5, 0.6) is 0 Å². The van der Waals surface area contributed by atoms with Crippen molar-refractivity contribution < 1.29 is 23.5 Å². The highest BCUT2D eigenvalue weighted by molar-refractivity contribution is 5.82. The Morgan fingerprint density at radius 3 is 2.80 bits per heavy atom. The second-order valence-corrected chi connectivity index (χ2v) is 4.88. The first-order valence-corrected chi connectivity index (χ1v) is 6.44. The molecule has 0 bridgehead atoms. The van der Waals surface area contributed by atoms with Crippen LogP contribution in [0.3, 0.4) is 0 Å². The molecule has 108 valence electrons. The maximum atomic E-state index is 13.6. The Morgan fingerprint density at radius 1 is 1.35 bits per heavy atom. The number of aliphatic carboxylic acids is 1. The van der Waals surface area contributed by atoms with Gasteiger partial charge in [0.1, 0.15) is 0 Å². The number of benzene rings is 1. The third-order valence-corrected chi connectivity index (χ3v) is 3.37. The summed E-state index contributed by atoms with van der Waals surface area (Å²) in [5.74, 6) is -3.58. The molecule has 1 aromatic rings. The van der Waals surface area contributed by atoms with Crippen LogP contribution in [0.25, 0.3) is 0 Å². The highest BCUT2D eigenvalue weighted by Crippen LogP contribution is 2.48. The average Bonchev–Trinajstić information content (AvgIpc) is 3.17. The van der Waals surface area contributed by atoms with Gasteiger partial charge in [-0.05, 0) is 30.4 Å². The summed E-state index contributed by atoms with van der Waals surface area (Å²) in [7, 11) is 0. The third kappa shape index (κ3) is 3.31. The predicted octanol–water partition coefficient (Wildman–Crippen LogP) is 2.05. The molecule has 0 spiro atoms. The molecule has 1 fully saturated rings. The molecule has 1 aliphatic carbocycles. The van der Waals surface area contributed by atoms with Crippen LogP contribution in [0.15, 0.2) is 18.2 Å². The summed E-state index contributed by atoms with van der Waals surface area (Å²) >= 11 is 0. The number of amides is 1. The predicted molar refractivity (Wildman–Crippen MR) is 67.1 cm³/mol. The van der Waals surface area contributed by atoms with Crippen molar-refractivity contribution in [1.29, 1.82) is 0 Å². The minimum absolute atomic E-state index is 0.00704. The molecule has 1 aromatic carbocycles. The van der Waals surface area contributed by atoms with Gasteiger partial charge >= 0.3 is 5.97 Å². The van der Waals surface area contributed by atoms with Crippen molar-refractivity contribution in [3.8, 4) is 0 Å². The largest absolute Gasteiger partial charge is 0.481 e. The van der Waals surface area contributed by atoms with E-state index in [0.717, 1.165) is 6.07 Å². The molecule has 1 aliphatic rings. The monoisotopic (exact) mass is 283 g/mol. The van der Waals surface area contributed by atoms with Gasteiger partial charge in [0.2, 0.25) is 5.91 Å². The van der Waals surface area contributed by atoms with Crippen molar-refractivity contribution in [3.63, 3.8) is 0 Å². The fourth-order valence-electron chi connectivity index (χ4n) is 2.22. The second-order valence-electron chi connectivity index (χ2n) is 4.88. The molecule has 2 atom stereocenters. The molecule has 0 heterocycles. The Kier molecular flexibility index (Phi) is 4.32. The molecule has 6 heteroatoms. The van der Waals surface area contributed by atoms with Crippen molar-refractivity contribution >= 4 is 11.9 Å². The zero-order chi connectivity index (χ0) is 14.7. The van der Waals surface area contributed by atoms with E-state index in [-0.39, 0.29) is 36.3 Å². The maximum absolute atomic E-state index is 13.6. The molecule has 2 N–H and O–H groups in total. The van der Waals surface area contributed by atoms with Crippen LogP contribution in [-0.4, -0.2) is 23.5 Å². The SMILES string of the molecule is O=C(O)CCCNC(=O)[C@H]1C[C@H]1c1cccc(F)c1F. The van der Waals surface area contributed by atoms with Gasteiger partial charge in [-0.15, -0.1) is 0 Å². The van der Waals surface area contributed by atoms with Crippen LogP contribution in [0.4, 0.5) is 8.78 Å². The second kappa shape index (κ2) is 5.98. The fraction of sp³-hybridized carbons (Fsp3) is 0.429. The number of carboxylic acids is 1. The van der Waals surface area contributed by atoms with Crippen LogP contribution in [0.2, 0.25) is 0 Å². The zero-order valence-corrected chi connectivity index (χ0v) is 10.7. The first-order chi connectivity index (χ1) is 9.50. The van der Waals surface area contributed by atoms with Crippen LogP contribution >= 0.6 is 0 Å². The number of carboxylic acid groups (broad SMARTS) is 1.